The predicted molar refractivity (Wildman–Crippen MR) is 47.6 cm³/mol. The zero-order valence-corrected chi connectivity index (χ0v) is 7.42. The molecule has 4 heteroatoms. The fraction of sp³-hybridized carbons (Fsp3) is 0.375. The smallest absolute Gasteiger partial charge is 0.116 e. The molecule has 0 saturated heterocycles. The van der Waals surface area contributed by atoms with E-state index in [1.807, 2.05) is 6.07 Å². The zero-order chi connectivity index (χ0) is 8.65. The van der Waals surface area contributed by atoms with Crippen LogP contribution in [-0.4, -0.2) is 15.7 Å². The van der Waals surface area contributed by atoms with Crippen molar-refractivity contribution in [1.82, 2.24) is 9.97 Å². The normalized spacial score (nSPS) is 9.25. The molecule has 0 spiro atoms. The first kappa shape index (κ1) is 9.01. The minimum Gasteiger partial charge on any atom is -0.245 e. The van der Waals surface area contributed by atoms with Crippen LogP contribution in [0.15, 0.2) is 23.6 Å². The van der Waals surface area contributed by atoms with Gasteiger partial charge in [0.15, 0.2) is 0 Å². The third kappa shape index (κ3) is 3.35. The molecule has 0 saturated carbocycles. The lowest BCUT2D eigenvalue weighted by molar-refractivity contribution is 0.973. The van der Waals surface area contributed by atoms with Gasteiger partial charge in [0.2, 0.25) is 0 Å². The second-order valence-corrected chi connectivity index (χ2v) is 3.27. The van der Waals surface area contributed by atoms with Gasteiger partial charge in [-0.2, -0.15) is 5.26 Å². The molecule has 1 heterocycles. The molecule has 3 nitrogen and oxygen atoms in total. The Bertz CT molecular complexity index is 255. The van der Waals surface area contributed by atoms with E-state index >= 15 is 0 Å². The average Bonchev–Trinajstić information content (AvgIpc) is 2.14. The highest BCUT2D eigenvalue weighted by atomic mass is 32.2. The molecular weight excluding hydrogens is 170 g/mol. The lowest BCUT2D eigenvalue weighted by Crippen LogP contribution is -1.83. The van der Waals surface area contributed by atoms with E-state index < -0.39 is 0 Å². The zero-order valence-electron chi connectivity index (χ0n) is 6.60. The van der Waals surface area contributed by atoms with E-state index in [0.717, 1.165) is 17.2 Å². The summed E-state index contributed by atoms with van der Waals surface area (Å²) < 4.78 is 0. The molecule has 62 valence electrons. The first-order valence-corrected chi connectivity index (χ1v) is 4.68. The molecule has 0 aliphatic heterocycles. The molecule has 0 N–H and O–H groups in total. The summed E-state index contributed by atoms with van der Waals surface area (Å²) in [6.45, 7) is 0. The fourth-order valence-corrected chi connectivity index (χ4v) is 1.47. The van der Waals surface area contributed by atoms with Gasteiger partial charge >= 0.3 is 0 Å². The highest BCUT2D eigenvalue weighted by Gasteiger charge is 1.92. The van der Waals surface area contributed by atoms with E-state index in [0.29, 0.717) is 6.42 Å². The Balaban J connectivity index is 2.21. The summed E-state index contributed by atoms with van der Waals surface area (Å²) in [7, 11) is 0. The second-order valence-electron chi connectivity index (χ2n) is 2.16. The maximum absolute atomic E-state index is 8.28. The Hall–Kier alpha value is -1.08. The highest BCUT2D eigenvalue weighted by Crippen LogP contribution is 2.14. The van der Waals surface area contributed by atoms with Crippen LogP contribution in [0.4, 0.5) is 0 Å². The van der Waals surface area contributed by atoms with Gasteiger partial charge in [0, 0.05) is 18.4 Å². The molecule has 1 aromatic heterocycles. The lowest BCUT2D eigenvalue weighted by Gasteiger charge is -1.95. The van der Waals surface area contributed by atoms with Crippen molar-refractivity contribution in [3.63, 3.8) is 0 Å². The quantitative estimate of drug-likeness (QED) is 0.402. The fourth-order valence-electron chi connectivity index (χ4n) is 0.692. The lowest BCUT2D eigenvalue weighted by atomic mass is 10.4. The number of aromatic nitrogens is 2. The Kier molecular flexibility index (Phi) is 4.17. The predicted octanol–water partition coefficient (Wildman–Crippen LogP) is 1.87. The number of hydrogen-bond acceptors (Lipinski definition) is 4. The molecule has 0 bridgehead atoms. The van der Waals surface area contributed by atoms with Gasteiger partial charge < -0.3 is 0 Å². The van der Waals surface area contributed by atoms with Crippen LogP contribution in [0.3, 0.4) is 0 Å². The van der Waals surface area contributed by atoms with Crippen LogP contribution in [0.5, 0.6) is 0 Å². The van der Waals surface area contributed by atoms with Crippen LogP contribution in [0.1, 0.15) is 12.8 Å². The monoisotopic (exact) mass is 179 g/mol. The topological polar surface area (TPSA) is 49.6 Å². The summed E-state index contributed by atoms with van der Waals surface area (Å²) in [5.41, 5.74) is 0. The van der Waals surface area contributed by atoms with E-state index in [2.05, 4.69) is 16.0 Å². The standard InChI is InChI=1S/C8H9N3S/c9-4-1-2-6-12-8-3-5-10-7-11-8/h3,5,7H,1-2,6H2. The maximum atomic E-state index is 8.28. The number of nitriles is 1. The third-order valence-corrected chi connectivity index (χ3v) is 2.27. The molecule has 0 unspecified atom stereocenters. The number of nitrogens with zero attached hydrogens (tertiary/aromatic N) is 3. The van der Waals surface area contributed by atoms with Crippen molar-refractivity contribution < 1.29 is 0 Å². The maximum Gasteiger partial charge on any atom is 0.116 e. The average molecular weight is 179 g/mol. The van der Waals surface area contributed by atoms with Gasteiger partial charge in [0.25, 0.3) is 0 Å². The number of thioether (sulfide) groups is 1. The Labute approximate surface area is 75.8 Å². The minimum absolute atomic E-state index is 0.623. The summed E-state index contributed by atoms with van der Waals surface area (Å²) in [6, 6.07) is 3.98. The van der Waals surface area contributed by atoms with Crippen LogP contribution >= 0.6 is 11.8 Å². The molecule has 1 aromatic rings. The minimum atomic E-state index is 0.623. The Morgan fingerprint density at radius 1 is 1.58 bits per heavy atom. The first-order chi connectivity index (χ1) is 5.93. The Morgan fingerprint density at radius 3 is 3.17 bits per heavy atom. The van der Waals surface area contributed by atoms with Crippen molar-refractivity contribution >= 4 is 11.8 Å². The largest absolute Gasteiger partial charge is 0.245 e. The van der Waals surface area contributed by atoms with E-state index in [1.54, 1.807) is 18.0 Å². The van der Waals surface area contributed by atoms with Crippen LogP contribution in [0.25, 0.3) is 0 Å². The summed E-state index contributed by atoms with van der Waals surface area (Å²) >= 11 is 1.66. The number of unbranched alkanes of at least 4 members (excludes halogenated alkanes) is 1. The van der Waals surface area contributed by atoms with E-state index in [9.17, 15) is 0 Å². The van der Waals surface area contributed by atoms with Gasteiger partial charge in [-0.05, 0) is 12.5 Å². The van der Waals surface area contributed by atoms with Crippen molar-refractivity contribution in [3.8, 4) is 6.07 Å². The highest BCUT2D eigenvalue weighted by molar-refractivity contribution is 7.99. The van der Waals surface area contributed by atoms with Crippen LogP contribution in [0.2, 0.25) is 0 Å². The summed E-state index contributed by atoms with van der Waals surface area (Å²) in [5, 5.41) is 9.25. The van der Waals surface area contributed by atoms with Gasteiger partial charge in [0.1, 0.15) is 6.33 Å². The summed E-state index contributed by atoms with van der Waals surface area (Å²) in [5.74, 6) is 0.949. The molecular formula is C8H9N3S. The van der Waals surface area contributed by atoms with E-state index in [4.69, 9.17) is 5.26 Å². The van der Waals surface area contributed by atoms with Crippen molar-refractivity contribution in [1.29, 1.82) is 5.26 Å². The molecule has 0 fully saturated rings. The molecule has 0 atom stereocenters. The van der Waals surface area contributed by atoms with Gasteiger partial charge in [-0.25, -0.2) is 9.97 Å². The van der Waals surface area contributed by atoms with Crippen molar-refractivity contribution in [2.75, 3.05) is 5.75 Å². The second kappa shape index (κ2) is 5.56. The summed E-state index contributed by atoms with van der Waals surface area (Å²) in [4.78, 5) is 7.86. The summed E-state index contributed by atoms with van der Waals surface area (Å²) in [6.07, 6.45) is 4.80. The van der Waals surface area contributed by atoms with Crippen LogP contribution in [0, 0.1) is 11.3 Å². The SMILES string of the molecule is N#CCCCSc1ccncn1. The van der Waals surface area contributed by atoms with Crippen LogP contribution in [-0.2, 0) is 0 Å². The van der Waals surface area contributed by atoms with Crippen molar-refractivity contribution in [2.24, 2.45) is 0 Å². The number of hydrogen-bond donors (Lipinski definition) is 0. The molecule has 0 aliphatic rings. The van der Waals surface area contributed by atoms with Gasteiger partial charge in [0.05, 0.1) is 11.1 Å². The number of rotatable bonds is 4. The molecule has 12 heavy (non-hydrogen) atoms. The van der Waals surface area contributed by atoms with Crippen molar-refractivity contribution in [3.05, 3.63) is 18.6 Å². The van der Waals surface area contributed by atoms with Crippen LogP contribution < -0.4 is 0 Å². The van der Waals surface area contributed by atoms with Gasteiger partial charge in [-0.3, -0.25) is 0 Å². The first-order valence-electron chi connectivity index (χ1n) is 3.69. The van der Waals surface area contributed by atoms with E-state index in [1.165, 1.54) is 6.33 Å². The molecule has 1 rings (SSSR count). The third-order valence-electron chi connectivity index (χ3n) is 1.24. The van der Waals surface area contributed by atoms with Crippen molar-refractivity contribution in [2.45, 2.75) is 17.9 Å². The van der Waals surface area contributed by atoms with E-state index in [-0.39, 0.29) is 0 Å². The molecule has 0 aliphatic carbocycles. The van der Waals surface area contributed by atoms with Gasteiger partial charge in [-0.15, -0.1) is 11.8 Å². The molecule has 0 amide bonds. The molecule has 0 aromatic carbocycles. The molecule has 0 radical (unpaired) electrons. The Morgan fingerprint density at radius 2 is 2.50 bits per heavy atom. The van der Waals surface area contributed by atoms with Gasteiger partial charge in [-0.1, -0.05) is 0 Å².